The molecular formula is C11H9ClN4O. The van der Waals surface area contributed by atoms with Crippen molar-refractivity contribution >= 4 is 28.3 Å². The van der Waals surface area contributed by atoms with Crippen LogP contribution in [-0.2, 0) is 7.05 Å². The van der Waals surface area contributed by atoms with Crippen LogP contribution in [0.15, 0.2) is 28.8 Å². The quantitative estimate of drug-likeness (QED) is 0.718. The van der Waals surface area contributed by atoms with Gasteiger partial charge in [0.25, 0.3) is 0 Å². The molecule has 2 N–H and O–H groups in total. The summed E-state index contributed by atoms with van der Waals surface area (Å²) in [7, 11) is 1.84. The maximum absolute atomic E-state index is 6.11. The molecule has 0 saturated heterocycles. The molecule has 0 amide bonds. The zero-order chi connectivity index (χ0) is 12.0. The topological polar surface area (TPSA) is 69.9 Å². The van der Waals surface area contributed by atoms with E-state index in [9.17, 15) is 0 Å². The van der Waals surface area contributed by atoms with Crippen LogP contribution in [0.4, 0.5) is 5.82 Å². The summed E-state index contributed by atoms with van der Waals surface area (Å²) in [6.07, 6.45) is 0. The third-order valence-corrected chi connectivity index (χ3v) is 2.89. The van der Waals surface area contributed by atoms with Crippen LogP contribution in [0.1, 0.15) is 0 Å². The van der Waals surface area contributed by atoms with Gasteiger partial charge in [0.2, 0.25) is 0 Å². The summed E-state index contributed by atoms with van der Waals surface area (Å²) in [6, 6.07) is 7.42. The lowest BCUT2D eigenvalue weighted by Crippen LogP contribution is -1.88. The van der Waals surface area contributed by atoms with Crippen molar-refractivity contribution in [3.63, 3.8) is 0 Å². The van der Waals surface area contributed by atoms with Crippen LogP contribution in [0.25, 0.3) is 22.2 Å². The predicted octanol–water partition coefficient (Wildman–Crippen LogP) is 2.46. The van der Waals surface area contributed by atoms with Crippen LogP contribution in [-0.4, -0.2) is 14.9 Å². The van der Waals surface area contributed by atoms with E-state index in [1.807, 2.05) is 25.2 Å². The molecule has 0 saturated carbocycles. The zero-order valence-corrected chi connectivity index (χ0v) is 9.77. The zero-order valence-electron chi connectivity index (χ0n) is 9.01. The summed E-state index contributed by atoms with van der Waals surface area (Å²) in [5, 5.41) is 9.12. The maximum Gasteiger partial charge on any atom is 0.169 e. The Balaban J connectivity index is 2.37. The van der Waals surface area contributed by atoms with E-state index in [2.05, 4.69) is 10.3 Å². The smallest absolute Gasteiger partial charge is 0.169 e. The Morgan fingerprint density at radius 3 is 2.94 bits per heavy atom. The minimum atomic E-state index is 0.344. The van der Waals surface area contributed by atoms with E-state index in [0.29, 0.717) is 16.7 Å². The standard InChI is InChI=1S/C11H9ClN4O/c1-16-7-4-2-3-6(10(7)11(12)14-16)8-5-9(13)15-17-8/h2-5H,1H3,(H2,13,15). The van der Waals surface area contributed by atoms with Crippen LogP contribution in [0.2, 0.25) is 5.15 Å². The number of hydrogen-bond donors (Lipinski definition) is 1. The summed E-state index contributed by atoms with van der Waals surface area (Å²) in [5.74, 6) is 0.931. The highest BCUT2D eigenvalue weighted by atomic mass is 35.5. The first kappa shape index (κ1) is 10.2. The molecule has 2 aromatic heterocycles. The number of halogens is 1. The first-order valence-electron chi connectivity index (χ1n) is 5.00. The van der Waals surface area contributed by atoms with Gasteiger partial charge < -0.3 is 10.3 Å². The van der Waals surface area contributed by atoms with Crippen molar-refractivity contribution in [2.24, 2.45) is 7.05 Å². The predicted molar refractivity (Wildman–Crippen MR) is 65.6 cm³/mol. The molecule has 6 heteroatoms. The Bertz CT molecular complexity index is 701. The first-order chi connectivity index (χ1) is 8.16. The molecule has 3 aromatic rings. The average Bonchev–Trinajstić information content (AvgIpc) is 2.85. The number of nitrogens with two attached hydrogens (primary N) is 1. The Morgan fingerprint density at radius 2 is 2.24 bits per heavy atom. The van der Waals surface area contributed by atoms with Crippen molar-refractivity contribution in [1.82, 2.24) is 14.9 Å². The molecule has 0 radical (unpaired) electrons. The number of benzene rings is 1. The van der Waals surface area contributed by atoms with Gasteiger partial charge in [-0.3, -0.25) is 4.68 Å². The number of hydrogen-bond acceptors (Lipinski definition) is 4. The lowest BCUT2D eigenvalue weighted by atomic mass is 10.1. The van der Waals surface area contributed by atoms with E-state index in [1.54, 1.807) is 10.7 Å². The number of aromatic nitrogens is 3. The Morgan fingerprint density at radius 1 is 1.41 bits per heavy atom. The van der Waals surface area contributed by atoms with Crippen molar-refractivity contribution in [2.75, 3.05) is 5.73 Å². The van der Waals surface area contributed by atoms with Gasteiger partial charge in [0.15, 0.2) is 16.7 Å². The molecule has 0 unspecified atom stereocenters. The third-order valence-electron chi connectivity index (χ3n) is 2.63. The minimum absolute atomic E-state index is 0.344. The molecular weight excluding hydrogens is 240 g/mol. The van der Waals surface area contributed by atoms with Crippen LogP contribution in [0.5, 0.6) is 0 Å². The summed E-state index contributed by atoms with van der Waals surface area (Å²) in [6.45, 7) is 0. The lowest BCUT2D eigenvalue weighted by molar-refractivity contribution is 0.436. The molecule has 17 heavy (non-hydrogen) atoms. The monoisotopic (exact) mass is 248 g/mol. The van der Waals surface area contributed by atoms with Gasteiger partial charge in [0, 0.05) is 18.7 Å². The largest absolute Gasteiger partial charge is 0.381 e. The average molecular weight is 249 g/mol. The number of fused-ring (bicyclic) bond motifs is 1. The molecule has 5 nitrogen and oxygen atoms in total. The molecule has 0 aliphatic heterocycles. The number of anilines is 1. The van der Waals surface area contributed by atoms with Crippen molar-refractivity contribution in [3.8, 4) is 11.3 Å². The van der Waals surface area contributed by atoms with Crippen LogP contribution >= 0.6 is 11.6 Å². The highest BCUT2D eigenvalue weighted by molar-refractivity contribution is 6.35. The van der Waals surface area contributed by atoms with Gasteiger partial charge in [-0.25, -0.2) is 0 Å². The molecule has 0 bridgehead atoms. The van der Waals surface area contributed by atoms with Gasteiger partial charge in [0.1, 0.15) is 0 Å². The highest BCUT2D eigenvalue weighted by Crippen LogP contribution is 2.33. The van der Waals surface area contributed by atoms with E-state index in [1.165, 1.54) is 0 Å². The van der Waals surface area contributed by atoms with Crippen LogP contribution < -0.4 is 5.73 Å². The van der Waals surface area contributed by atoms with Crippen molar-refractivity contribution in [1.29, 1.82) is 0 Å². The van der Waals surface area contributed by atoms with Gasteiger partial charge in [-0.1, -0.05) is 28.9 Å². The normalized spacial score (nSPS) is 11.2. The van der Waals surface area contributed by atoms with Gasteiger partial charge in [-0.05, 0) is 6.07 Å². The fraction of sp³-hybridized carbons (Fsp3) is 0.0909. The van der Waals surface area contributed by atoms with Crippen molar-refractivity contribution in [3.05, 3.63) is 29.4 Å². The minimum Gasteiger partial charge on any atom is -0.381 e. The maximum atomic E-state index is 6.11. The Hall–Kier alpha value is -2.01. The van der Waals surface area contributed by atoms with Gasteiger partial charge in [0.05, 0.1) is 10.9 Å². The van der Waals surface area contributed by atoms with Gasteiger partial charge in [-0.2, -0.15) is 5.10 Å². The number of nitrogen functional groups attached to an aromatic ring is 1. The molecule has 0 aliphatic rings. The van der Waals surface area contributed by atoms with E-state index in [4.69, 9.17) is 21.9 Å². The summed E-state index contributed by atoms with van der Waals surface area (Å²) >= 11 is 6.11. The number of rotatable bonds is 1. The molecule has 86 valence electrons. The van der Waals surface area contributed by atoms with Gasteiger partial charge >= 0.3 is 0 Å². The molecule has 3 rings (SSSR count). The molecule has 0 spiro atoms. The summed E-state index contributed by atoms with van der Waals surface area (Å²) < 4.78 is 6.88. The molecule has 2 heterocycles. The van der Waals surface area contributed by atoms with Crippen molar-refractivity contribution in [2.45, 2.75) is 0 Å². The van der Waals surface area contributed by atoms with Gasteiger partial charge in [-0.15, -0.1) is 0 Å². The second-order valence-electron chi connectivity index (χ2n) is 3.73. The van der Waals surface area contributed by atoms with E-state index in [-0.39, 0.29) is 0 Å². The van der Waals surface area contributed by atoms with E-state index in [0.717, 1.165) is 16.5 Å². The van der Waals surface area contributed by atoms with E-state index >= 15 is 0 Å². The molecule has 0 fully saturated rings. The first-order valence-corrected chi connectivity index (χ1v) is 5.38. The second-order valence-corrected chi connectivity index (χ2v) is 4.09. The molecule has 0 atom stereocenters. The van der Waals surface area contributed by atoms with Crippen LogP contribution in [0.3, 0.4) is 0 Å². The highest BCUT2D eigenvalue weighted by Gasteiger charge is 2.15. The summed E-state index contributed by atoms with van der Waals surface area (Å²) in [5.41, 5.74) is 7.32. The second kappa shape index (κ2) is 3.49. The Kier molecular flexibility index (Phi) is 2.09. The van der Waals surface area contributed by atoms with Crippen molar-refractivity contribution < 1.29 is 4.52 Å². The lowest BCUT2D eigenvalue weighted by Gasteiger charge is -1.98. The van der Waals surface area contributed by atoms with Crippen LogP contribution in [0, 0.1) is 0 Å². The van der Waals surface area contributed by atoms with E-state index < -0.39 is 0 Å². The SMILES string of the molecule is Cn1nc(Cl)c2c(-c3cc(N)no3)cccc21. The summed E-state index contributed by atoms with van der Waals surface area (Å²) in [4.78, 5) is 0. The fourth-order valence-corrected chi connectivity index (χ4v) is 2.20. The molecule has 1 aromatic carbocycles. The molecule has 0 aliphatic carbocycles. The fourth-order valence-electron chi connectivity index (χ4n) is 1.88. The third kappa shape index (κ3) is 1.47. The Labute approximate surface area is 102 Å². The number of aryl methyl sites for hydroxylation is 1. The number of nitrogens with zero attached hydrogens (tertiary/aromatic N) is 3.